The Morgan fingerprint density at radius 1 is 1.50 bits per heavy atom. The number of hydrogen-bond donors (Lipinski definition) is 2. The van der Waals surface area contributed by atoms with Crippen LogP contribution in [-0.4, -0.2) is 17.1 Å². The summed E-state index contributed by atoms with van der Waals surface area (Å²) in [5.41, 5.74) is 1.12. The maximum Gasteiger partial charge on any atom is 0.126 e. The van der Waals surface area contributed by atoms with Crippen molar-refractivity contribution in [1.82, 2.24) is 10.3 Å². The van der Waals surface area contributed by atoms with Crippen molar-refractivity contribution < 1.29 is 0 Å². The van der Waals surface area contributed by atoms with Crippen molar-refractivity contribution in [3.8, 4) is 0 Å². The fourth-order valence-corrected chi connectivity index (χ4v) is 1.70. The Hall–Kier alpha value is -0.800. The summed E-state index contributed by atoms with van der Waals surface area (Å²) in [5.74, 6) is 0.895. The van der Waals surface area contributed by atoms with Crippen LogP contribution in [0, 0.1) is 0 Å². The molecule has 1 aromatic rings. The van der Waals surface area contributed by atoms with Crippen molar-refractivity contribution in [1.29, 1.82) is 0 Å². The summed E-state index contributed by atoms with van der Waals surface area (Å²) in [7, 11) is 0. The molecule has 88 valence electrons. The Kier molecular flexibility index (Phi) is 3.66. The van der Waals surface area contributed by atoms with Crippen LogP contribution in [0.2, 0.25) is 5.02 Å². The average molecular weight is 240 g/mol. The second kappa shape index (κ2) is 5.02. The van der Waals surface area contributed by atoms with Gasteiger partial charge in [0.2, 0.25) is 0 Å². The van der Waals surface area contributed by atoms with Crippen molar-refractivity contribution in [2.24, 2.45) is 0 Å². The normalized spacial score (nSPS) is 15.5. The van der Waals surface area contributed by atoms with Gasteiger partial charge in [-0.3, -0.25) is 0 Å². The molecule has 0 spiro atoms. The first-order valence-electron chi connectivity index (χ1n) is 5.79. The maximum absolute atomic E-state index is 6.11. The molecule has 1 fully saturated rings. The molecule has 1 aliphatic rings. The SMILES string of the molecule is CC(C)Nc1cc(CNC2CC2)c(Cl)cn1. The van der Waals surface area contributed by atoms with Gasteiger partial charge in [0.25, 0.3) is 0 Å². The minimum absolute atomic E-state index is 0.387. The van der Waals surface area contributed by atoms with Crippen LogP contribution in [0.25, 0.3) is 0 Å². The van der Waals surface area contributed by atoms with E-state index in [2.05, 4.69) is 29.5 Å². The summed E-state index contributed by atoms with van der Waals surface area (Å²) >= 11 is 6.11. The predicted molar refractivity (Wildman–Crippen MR) is 67.9 cm³/mol. The highest BCUT2D eigenvalue weighted by molar-refractivity contribution is 6.31. The Labute approximate surface area is 102 Å². The molecule has 1 heterocycles. The molecule has 0 saturated heterocycles. The fourth-order valence-electron chi connectivity index (χ4n) is 1.53. The molecule has 0 atom stereocenters. The zero-order valence-corrected chi connectivity index (χ0v) is 10.5. The summed E-state index contributed by atoms with van der Waals surface area (Å²) in [6.07, 6.45) is 4.30. The third-order valence-corrected chi connectivity index (χ3v) is 2.87. The number of nitrogens with one attached hydrogen (secondary N) is 2. The topological polar surface area (TPSA) is 37.0 Å². The van der Waals surface area contributed by atoms with Gasteiger partial charge in [0.15, 0.2) is 0 Å². The first-order chi connectivity index (χ1) is 7.65. The molecule has 0 radical (unpaired) electrons. The second-order valence-electron chi connectivity index (χ2n) is 4.62. The number of aromatic nitrogens is 1. The van der Waals surface area contributed by atoms with Crippen LogP contribution >= 0.6 is 11.6 Å². The lowest BCUT2D eigenvalue weighted by Crippen LogP contribution is -2.16. The van der Waals surface area contributed by atoms with Crippen LogP contribution in [0.3, 0.4) is 0 Å². The fraction of sp³-hybridized carbons (Fsp3) is 0.583. The zero-order chi connectivity index (χ0) is 11.5. The molecule has 4 heteroatoms. The first kappa shape index (κ1) is 11.7. The van der Waals surface area contributed by atoms with E-state index in [4.69, 9.17) is 11.6 Å². The zero-order valence-electron chi connectivity index (χ0n) is 9.76. The summed E-state index contributed by atoms with van der Waals surface area (Å²) in [6.45, 7) is 5.02. The second-order valence-corrected chi connectivity index (χ2v) is 5.02. The molecule has 0 amide bonds. The van der Waals surface area contributed by atoms with Gasteiger partial charge in [0, 0.05) is 24.8 Å². The third-order valence-electron chi connectivity index (χ3n) is 2.53. The van der Waals surface area contributed by atoms with Crippen molar-refractivity contribution in [2.75, 3.05) is 5.32 Å². The monoisotopic (exact) mass is 239 g/mol. The van der Waals surface area contributed by atoms with Gasteiger partial charge in [-0.2, -0.15) is 0 Å². The van der Waals surface area contributed by atoms with Crippen LogP contribution in [0.1, 0.15) is 32.3 Å². The van der Waals surface area contributed by atoms with Crippen LogP contribution in [0.4, 0.5) is 5.82 Å². The lowest BCUT2D eigenvalue weighted by molar-refractivity contribution is 0.687. The Balaban J connectivity index is 2.02. The number of pyridine rings is 1. The van der Waals surface area contributed by atoms with Crippen LogP contribution in [0.15, 0.2) is 12.3 Å². The van der Waals surface area contributed by atoms with Gasteiger partial charge in [0.05, 0.1) is 5.02 Å². The molecule has 0 aromatic carbocycles. The van der Waals surface area contributed by atoms with E-state index in [1.807, 2.05) is 6.07 Å². The molecule has 1 aromatic heterocycles. The number of hydrogen-bond acceptors (Lipinski definition) is 3. The minimum Gasteiger partial charge on any atom is -0.368 e. The van der Waals surface area contributed by atoms with Crippen LogP contribution in [-0.2, 0) is 6.54 Å². The van der Waals surface area contributed by atoms with E-state index in [0.717, 1.165) is 22.9 Å². The Morgan fingerprint density at radius 2 is 2.25 bits per heavy atom. The molecule has 3 nitrogen and oxygen atoms in total. The summed E-state index contributed by atoms with van der Waals surface area (Å²) < 4.78 is 0. The highest BCUT2D eigenvalue weighted by Crippen LogP contribution is 2.22. The third kappa shape index (κ3) is 3.35. The lowest BCUT2D eigenvalue weighted by Gasteiger charge is -2.11. The van der Waals surface area contributed by atoms with E-state index >= 15 is 0 Å². The molecule has 0 unspecified atom stereocenters. The quantitative estimate of drug-likeness (QED) is 0.830. The van der Waals surface area contributed by atoms with E-state index in [0.29, 0.717) is 12.1 Å². The molecular weight excluding hydrogens is 222 g/mol. The molecule has 0 bridgehead atoms. The summed E-state index contributed by atoms with van der Waals surface area (Å²) in [4.78, 5) is 4.25. The van der Waals surface area contributed by atoms with Crippen molar-refractivity contribution in [3.63, 3.8) is 0 Å². The van der Waals surface area contributed by atoms with Crippen molar-refractivity contribution in [2.45, 2.75) is 45.3 Å². The van der Waals surface area contributed by atoms with E-state index in [9.17, 15) is 0 Å². The summed E-state index contributed by atoms with van der Waals surface area (Å²) in [5, 5.41) is 7.47. The standard InChI is InChI=1S/C12H18ClN3/c1-8(2)16-12-5-9(11(13)7-15-12)6-14-10-3-4-10/h5,7-8,10,14H,3-4,6H2,1-2H3,(H,15,16). The molecule has 16 heavy (non-hydrogen) atoms. The van der Waals surface area contributed by atoms with Gasteiger partial charge < -0.3 is 10.6 Å². The Bertz CT molecular complexity index is 361. The largest absolute Gasteiger partial charge is 0.368 e. The van der Waals surface area contributed by atoms with Crippen LogP contribution in [0.5, 0.6) is 0 Å². The number of anilines is 1. The van der Waals surface area contributed by atoms with Gasteiger partial charge in [-0.1, -0.05) is 11.6 Å². The molecule has 0 aliphatic heterocycles. The van der Waals surface area contributed by atoms with Gasteiger partial charge >= 0.3 is 0 Å². The summed E-state index contributed by atoms with van der Waals surface area (Å²) in [6, 6.07) is 3.11. The van der Waals surface area contributed by atoms with Crippen LogP contribution < -0.4 is 10.6 Å². The van der Waals surface area contributed by atoms with Crippen molar-refractivity contribution >= 4 is 17.4 Å². The van der Waals surface area contributed by atoms with Gasteiger partial charge in [0.1, 0.15) is 5.82 Å². The van der Waals surface area contributed by atoms with E-state index in [-0.39, 0.29) is 0 Å². The lowest BCUT2D eigenvalue weighted by atomic mass is 10.2. The van der Waals surface area contributed by atoms with Gasteiger partial charge in [-0.25, -0.2) is 4.98 Å². The molecule has 1 saturated carbocycles. The molecule has 2 N–H and O–H groups in total. The van der Waals surface area contributed by atoms with E-state index in [1.54, 1.807) is 6.20 Å². The minimum atomic E-state index is 0.387. The van der Waals surface area contributed by atoms with E-state index < -0.39 is 0 Å². The Morgan fingerprint density at radius 3 is 2.88 bits per heavy atom. The number of nitrogens with zero attached hydrogens (tertiary/aromatic N) is 1. The first-order valence-corrected chi connectivity index (χ1v) is 6.17. The molecular formula is C12H18ClN3. The molecule has 2 rings (SSSR count). The smallest absolute Gasteiger partial charge is 0.126 e. The molecule has 1 aliphatic carbocycles. The maximum atomic E-state index is 6.11. The number of rotatable bonds is 5. The number of halogens is 1. The van der Waals surface area contributed by atoms with Gasteiger partial charge in [-0.05, 0) is 38.3 Å². The highest BCUT2D eigenvalue weighted by atomic mass is 35.5. The van der Waals surface area contributed by atoms with Gasteiger partial charge in [-0.15, -0.1) is 0 Å². The van der Waals surface area contributed by atoms with Crippen molar-refractivity contribution in [3.05, 3.63) is 22.8 Å². The van der Waals surface area contributed by atoms with E-state index in [1.165, 1.54) is 12.8 Å². The average Bonchev–Trinajstić information content (AvgIpc) is 3.02. The highest BCUT2D eigenvalue weighted by Gasteiger charge is 2.20. The predicted octanol–water partition coefficient (Wildman–Crippen LogP) is 2.81.